The molecular weight excluding hydrogens is 238 g/mol. The summed E-state index contributed by atoms with van der Waals surface area (Å²) < 4.78 is 0. The van der Waals surface area contributed by atoms with Crippen LogP contribution in [0.5, 0.6) is 0 Å². The summed E-state index contributed by atoms with van der Waals surface area (Å²) in [6.45, 7) is 10.7. The molecule has 0 spiro atoms. The smallest absolute Gasteiger partial charge is 0.272 e. The fourth-order valence-electron chi connectivity index (χ4n) is 1.89. The first-order chi connectivity index (χ1) is 9.08. The van der Waals surface area contributed by atoms with Gasteiger partial charge in [-0.2, -0.15) is 0 Å². The fourth-order valence-corrected chi connectivity index (χ4v) is 1.89. The normalized spacial score (nSPS) is 10.6. The molecule has 1 N–H and O–H groups in total. The monoisotopic (exact) mass is 263 g/mol. The summed E-state index contributed by atoms with van der Waals surface area (Å²) in [5.41, 5.74) is 1.48. The van der Waals surface area contributed by atoms with Gasteiger partial charge in [0.25, 0.3) is 5.91 Å². The van der Waals surface area contributed by atoms with E-state index < -0.39 is 0 Å². The van der Waals surface area contributed by atoms with Crippen molar-refractivity contribution in [1.29, 1.82) is 0 Å². The lowest BCUT2D eigenvalue weighted by Crippen LogP contribution is -2.34. The molecule has 1 heterocycles. The van der Waals surface area contributed by atoms with Gasteiger partial charge in [-0.05, 0) is 31.4 Å². The predicted molar refractivity (Wildman–Crippen MR) is 79.4 cm³/mol. The molecule has 1 aromatic heterocycles. The van der Waals surface area contributed by atoms with E-state index in [9.17, 15) is 4.79 Å². The van der Waals surface area contributed by atoms with Crippen molar-refractivity contribution in [2.24, 2.45) is 5.92 Å². The number of nitrogens with zero attached hydrogens (tertiary/aromatic N) is 2. The molecule has 0 bridgehead atoms. The lowest BCUT2D eigenvalue weighted by atomic mass is 10.2. The molecule has 4 heteroatoms. The zero-order chi connectivity index (χ0) is 14.3. The quantitative estimate of drug-likeness (QED) is 0.822. The van der Waals surface area contributed by atoms with Crippen molar-refractivity contribution >= 4 is 11.6 Å². The molecule has 1 aromatic rings. The van der Waals surface area contributed by atoms with Gasteiger partial charge in [-0.1, -0.05) is 20.8 Å². The van der Waals surface area contributed by atoms with Crippen molar-refractivity contribution in [1.82, 2.24) is 9.88 Å². The number of amides is 1. The summed E-state index contributed by atoms with van der Waals surface area (Å²) in [5.74, 6) is 0.474. The van der Waals surface area contributed by atoms with Gasteiger partial charge in [0.1, 0.15) is 5.69 Å². The molecule has 0 saturated carbocycles. The SMILES string of the molecule is CCCNc1ccnc(C(=O)N(CC)CC(C)C)c1. The maximum Gasteiger partial charge on any atom is 0.272 e. The molecule has 0 aliphatic heterocycles. The lowest BCUT2D eigenvalue weighted by Gasteiger charge is -2.22. The average Bonchev–Trinajstić information content (AvgIpc) is 2.41. The molecule has 0 aromatic carbocycles. The predicted octanol–water partition coefficient (Wildman–Crippen LogP) is 3.02. The Hall–Kier alpha value is -1.58. The van der Waals surface area contributed by atoms with E-state index in [4.69, 9.17) is 0 Å². The summed E-state index contributed by atoms with van der Waals surface area (Å²) in [6.07, 6.45) is 2.74. The first-order valence-electron chi connectivity index (χ1n) is 7.07. The third-order valence-corrected chi connectivity index (χ3v) is 2.81. The van der Waals surface area contributed by atoms with Crippen LogP contribution in [-0.2, 0) is 0 Å². The number of aromatic nitrogens is 1. The average molecular weight is 263 g/mol. The minimum Gasteiger partial charge on any atom is -0.385 e. The van der Waals surface area contributed by atoms with Crippen LogP contribution in [0.3, 0.4) is 0 Å². The number of hydrogen-bond acceptors (Lipinski definition) is 3. The Morgan fingerprint density at radius 3 is 2.74 bits per heavy atom. The molecule has 0 atom stereocenters. The van der Waals surface area contributed by atoms with Crippen LogP contribution >= 0.6 is 0 Å². The van der Waals surface area contributed by atoms with Gasteiger partial charge in [-0.15, -0.1) is 0 Å². The zero-order valence-electron chi connectivity index (χ0n) is 12.4. The van der Waals surface area contributed by atoms with Crippen LogP contribution in [0.1, 0.15) is 44.6 Å². The van der Waals surface area contributed by atoms with Crippen LogP contribution in [0.2, 0.25) is 0 Å². The van der Waals surface area contributed by atoms with Crippen molar-refractivity contribution in [3.05, 3.63) is 24.0 Å². The highest BCUT2D eigenvalue weighted by molar-refractivity contribution is 5.93. The summed E-state index contributed by atoms with van der Waals surface area (Å²) in [4.78, 5) is 18.4. The van der Waals surface area contributed by atoms with Crippen LogP contribution in [-0.4, -0.2) is 35.4 Å². The second-order valence-corrected chi connectivity index (χ2v) is 5.09. The fraction of sp³-hybridized carbons (Fsp3) is 0.600. The molecule has 0 fully saturated rings. The summed E-state index contributed by atoms with van der Waals surface area (Å²) in [6, 6.07) is 3.73. The summed E-state index contributed by atoms with van der Waals surface area (Å²) >= 11 is 0. The molecule has 1 amide bonds. The third-order valence-electron chi connectivity index (χ3n) is 2.81. The van der Waals surface area contributed by atoms with Gasteiger partial charge < -0.3 is 10.2 Å². The minimum absolute atomic E-state index is 0.0105. The molecule has 0 radical (unpaired) electrons. The largest absolute Gasteiger partial charge is 0.385 e. The van der Waals surface area contributed by atoms with Gasteiger partial charge in [0.05, 0.1) is 0 Å². The Morgan fingerprint density at radius 1 is 1.42 bits per heavy atom. The molecule has 0 aliphatic carbocycles. The van der Waals surface area contributed by atoms with E-state index in [1.807, 2.05) is 24.0 Å². The molecule has 1 rings (SSSR count). The van der Waals surface area contributed by atoms with Crippen LogP contribution < -0.4 is 5.32 Å². The molecule has 106 valence electrons. The van der Waals surface area contributed by atoms with Gasteiger partial charge in [-0.3, -0.25) is 9.78 Å². The van der Waals surface area contributed by atoms with E-state index in [0.29, 0.717) is 18.2 Å². The van der Waals surface area contributed by atoms with Crippen LogP contribution in [0, 0.1) is 5.92 Å². The van der Waals surface area contributed by atoms with Gasteiger partial charge in [-0.25, -0.2) is 0 Å². The zero-order valence-corrected chi connectivity index (χ0v) is 12.4. The van der Waals surface area contributed by atoms with Crippen LogP contribution in [0.4, 0.5) is 5.69 Å². The van der Waals surface area contributed by atoms with Crippen molar-refractivity contribution in [2.45, 2.75) is 34.1 Å². The summed E-state index contributed by atoms with van der Waals surface area (Å²) in [7, 11) is 0. The summed E-state index contributed by atoms with van der Waals surface area (Å²) in [5, 5.41) is 3.28. The lowest BCUT2D eigenvalue weighted by molar-refractivity contribution is 0.0740. The van der Waals surface area contributed by atoms with E-state index >= 15 is 0 Å². The topological polar surface area (TPSA) is 45.2 Å². The molecule has 4 nitrogen and oxygen atoms in total. The van der Waals surface area contributed by atoms with E-state index in [1.54, 1.807) is 6.20 Å². The van der Waals surface area contributed by atoms with Crippen LogP contribution in [0.15, 0.2) is 18.3 Å². The van der Waals surface area contributed by atoms with Gasteiger partial charge >= 0.3 is 0 Å². The molecule has 0 saturated heterocycles. The maximum absolute atomic E-state index is 12.4. The Labute approximate surface area is 116 Å². The van der Waals surface area contributed by atoms with Crippen molar-refractivity contribution in [3.63, 3.8) is 0 Å². The van der Waals surface area contributed by atoms with Gasteiger partial charge in [0.2, 0.25) is 0 Å². The Balaban J connectivity index is 2.79. The van der Waals surface area contributed by atoms with Crippen molar-refractivity contribution < 1.29 is 4.79 Å². The number of carbonyl (C=O) groups excluding carboxylic acids is 1. The standard InChI is InChI=1S/C15H25N3O/c1-5-8-16-13-7-9-17-14(10-13)15(19)18(6-2)11-12(3)4/h7,9-10,12H,5-6,8,11H2,1-4H3,(H,16,17). The third kappa shape index (κ3) is 4.89. The number of hydrogen-bond donors (Lipinski definition) is 1. The molecular formula is C15H25N3O. The maximum atomic E-state index is 12.4. The second kappa shape index (κ2) is 7.77. The van der Waals surface area contributed by atoms with E-state index in [-0.39, 0.29) is 5.91 Å². The molecule has 0 aliphatic rings. The molecule has 0 unspecified atom stereocenters. The van der Waals surface area contributed by atoms with Gasteiger partial charge in [0.15, 0.2) is 0 Å². The Bertz CT molecular complexity index is 404. The van der Waals surface area contributed by atoms with Crippen LogP contribution in [0.25, 0.3) is 0 Å². The van der Waals surface area contributed by atoms with E-state index in [1.165, 1.54) is 0 Å². The first-order valence-corrected chi connectivity index (χ1v) is 7.07. The Kier molecular flexibility index (Phi) is 6.33. The highest BCUT2D eigenvalue weighted by Gasteiger charge is 2.16. The van der Waals surface area contributed by atoms with E-state index in [0.717, 1.165) is 25.2 Å². The van der Waals surface area contributed by atoms with Gasteiger partial charge in [0, 0.05) is 31.5 Å². The number of rotatable bonds is 7. The highest BCUT2D eigenvalue weighted by atomic mass is 16.2. The number of pyridine rings is 1. The highest BCUT2D eigenvalue weighted by Crippen LogP contribution is 2.11. The first kappa shape index (κ1) is 15.5. The molecule has 19 heavy (non-hydrogen) atoms. The second-order valence-electron chi connectivity index (χ2n) is 5.09. The number of carbonyl (C=O) groups is 1. The minimum atomic E-state index is 0.0105. The van der Waals surface area contributed by atoms with Crippen molar-refractivity contribution in [3.8, 4) is 0 Å². The Morgan fingerprint density at radius 2 is 2.16 bits per heavy atom. The number of nitrogens with one attached hydrogen (secondary N) is 1. The van der Waals surface area contributed by atoms with E-state index in [2.05, 4.69) is 31.1 Å². The number of anilines is 1. The van der Waals surface area contributed by atoms with Crippen molar-refractivity contribution in [2.75, 3.05) is 25.0 Å².